The number of aryl methyl sites for hydroxylation is 1. The first kappa shape index (κ1) is 23.9. The average molecular weight is 449 g/mol. The Morgan fingerprint density at radius 2 is 1.48 bits per heavy atom. The van der Waals surface area contributed by atoms with Crippen LogP contribution in [0.3, 0.4) is 0 Å². The molecular formula is C29H37FN2O. The smallest absolute Gasteiger partial charge is 0.123 e. The van der Waals surface area contributed by atoms with Crippen LogP contribution >= 0.6 is 0 Å². The molecule has 1 saturated heterocycles. The van der Waals surface area contributed by atoms with Gasteiger partial charge in [-0.3, -0.25) is 4.90 Å². The second kappa shape index (κ2) is 12.3. The fourth-order valence-corrected chi connectivity index (χ4v) is 4.66. The molecule has 1 aliphatic heterocycles. The molecule has 1 fully saturated rings. The Balaban J connectivity index is 1.21. The van der Waals surface area contributed by atoms with Crippen LogP contribution in [-0.4, -0.2) is 55.7 Å². The van der Waals surface area contributed by atoms with Crippen molar-refractivity contribution in [2.45, 2.75) is 38.7 Å². The molecule has 0 amide bonds. The van der Waals surface area contributed by atoms with Crippen molar-refractivity contribution in [3.8, 4) is 0 Å². The van der Waals surface area contributed by atoms with Crippen LogP contribution in [-0.2, 0) is 4.74 Å². The van der Waals surface area contributed by atoms with Gasteiger partial charge in [0.15, 0.2) is 0 Å². The van der Waals surface area contributed by atoms with Gasteiger partial charge in [-0.05, 0) is 62.4 Å². The van der Waals surface area contributed by atoms with Gasteiger partial charge in [0.05, 0.1) is 6.61 Å². The highest BCUT2D eigenvalue weighted by atomic mass is 19.1. The maximum absolute atomic E-state index is 13.4. The summed E-state index contributed by atoms with van der Waals surface area (Å²) in [6.45, 7) is 9.32. The summed E-state index contributed by atoms with van der Waals surface area (Å²) in [4.78, 5) is 5.10. The van der Waals surface area contributed by atoms with Crippen LogP contribution < -0.4 is 0 Å². The van der Waals surface area contributed by atoms with Gasteiger partial charge < -0.3 is 9.64 Å². The minimum atomic E-state index is -0.216. The number of halogens is 1. The Kier molecular flexibility index (Phi) is 8.87. The molecule has 1 aliphatic carbocycles. The molecule has 0 radical (unpaired) electrons. The summed E-state index contributed by atoms with van der Waals surface area (Å²) in [7, 11) is 0. The molecule has 33 heavy (non-hydrogen) atoms. The molecule has 3 nitrogen and oxygen atoms in total. The van der Waals surface area contributed by atoms with E-state index in [0.29, 0.717) is 6.61 Å². The van der Waals surface area contributed by atoms with Crippen LogP contribution in [0.4, 0.5) is 4.39 Å². The standard InChI is InChI=1S/C29H37FN2O/c1-24-9-11-26(12-10-24)29(27-13-15-28(30)16-14-27)33-23-22-32-20-18-31(19-21-32)17-5-8-25-6-3-2-4-7-25/h3,6-7,9-16,29H,2,4-5,8,17-23H2,1H3. The first-order valence-corrected chi connectivity index (χ1v) is 12.4. The summed E-state index contributed by atoms with van der Waals surface area (Å²) in [6.07, 6.45) is 11.7. The summed E-state index contributed by atoms with van der Waals surface area (Å²) >= 11 is 0. The number of benzene rings is 2. The predicted molar refractivity (Wildman–Crippen MR) is 134 cm³/mol. The van der Waals surface area contributed by atoms with Crippen LogP contribution in [0.1, 0.15) is 48.5 Å². The van der Waals surface area contributed by atoms with E-state index in [2.05, 4.69) is 59.2 Å². The lowest BCUT2D eigenvalue weighted by Gasteiger charge is -2.35. The van der Waals surface area contributed by atoms with E-state index in [1.807, 2.05) is 12.1 Å². The van der Waals surface area contributed by atoms with E-state index in [1.165, 1.54) is 55.5 Å². The van der Waals surface area contributed by atoms with Crippen molar-refractivity contribution in [1.82, 2.24) is 9.80 Å². The van der Waals surface area contributed by atoms with Crippen LogP contribution in [0.25, 0.3) is 0 Å². The molecule has 0 aromatic heterocycles. The van der Waals surface area contributed by atoms with Crippen molar-refractivity contribution in [1.29, 1.82) is 0 Å². The number of nitrogens with zero attached hydrogens (tertiary/aromatic N) is 2. The average Bonchev–Trinajstić information content (AvgIpc) is 2.85. The van der Waals surface area contributed by atoms with E-state index in [9.17, 15) is 4.39 Å². The second-order valence-electron chi connectivity index (χ2n) is 9.26. The summed E-state index contributed by atoms with van der Waals surface area (Å²) < 4.78 is 19.8. The highest BCUT2D eigenvalue weighted by Crippen LogP contribution is 2.26. The fraction of sp³-hybridized carbons (Fsp3) is 0.448. The lowest BCUT2D eigenvalue weighted by molar-refractivity contribution is 0.0451. The summed E-state index contributed by atoms with van der Waals surface area (Å²) in [5, 5.41) is 0. The van der Waals surface area contributed by atoms with Gasteiger partial charge in [-0.15, -0.1) is 0 Å². The van der Waals surface area contributed by atoms with E-state index >= 15 is 0 Å². The SMILES string of the molecule is Cc1ccc(C(OCCN2CCN(CCCC3=CCCC=C3)CC2)c2ccc(F)cc2)cc1. The lowest BCUT2D eigenvalue weighted by atomic mass is 10.0. The Hall–Kier alpha value is -2.27. The number of hydrogen-bond acceptors (Lipinski definition) is 3. The topological polar surface area (TPSA) is 15.7 Å². The maximum Gasteiger partial charge on any atom is 0.123 e. The molecule has 176 valence electrons. The monoisotopic (exact) mass is 448 g/mol. The largest absolute Gasteiger partial charge is 0.367 e. The number of allylic oxidation sites excluding steroid dienone is 4. The van der Waals surface area contributed by atoms with E-state index in [1.54, 1.807) is 0 Å². The van der Waals surface area contributed by atoms with Gasteiger partial charge >= 0.3 is 0 Å². The van der Waals surface area contributed by atoms with Gasteiger partial charge in [0.2, 0.25) is 0 Å². The lowest BCUT2D eigenvalue weighted by Crippen LogP contribution is -2.47. The van der Waals surface area contributed by atoms with E-state index < -0.39 is 0 Å². The van der Waals surface area contributed by atoms with Gasteiger partial charge in [-0.25, -0.2) is 4.39 Å². The maximum atomic E-state index is 13.4. The Bertz CT molecular complexity index is 866. The van der Waals surface area contributed by atoms with Crippen molar-refractivity contribution in [2.24, 2.45) is 0 Å². The molecule has 0 bridgehead atoms. The molecule has 0 N–H and O–H groups in total. The Morgan fingerprint density at radius 3 is 2.12 bits per heavy atom. The second-order valence-corrected chi connectivity index (χ2v) is 9.26. The number of rotatable bonds is 10. The number of hydrogen-bond donors (Lipinski definition) is 0. The van der Waals surface area contributed by atoms with E-state index in [-0.39, 0.29) is 11.9 Å². The van der Waals surface area contributed by atoms with Crippen molar-refractivity contribution >= 4 is 0 Å². The molecule has 0 saturated carbocycles. The summed E-state index contributed by atoms with van der Waals surface area (Å²) in [5.41, 5.74) is 4.84. The molecule has 1 heterocycles. The van der Waals surface area contributed by atoms with Crippen LogP contribution in [0.5, 0.6) is 0 Å². The fourth-order valence-electron chi connectivity index (χ4n) is 4.66. The molecule has 4 rings (SSSR count). The van der Waals surface area contributed by atoms with Crippen LogP contribution in [0.2, 0.25) is 0 Å². The summed E-state index contributed by atoms with van der Waals surface area (Å²) in [6, 6.07) is 15.1. The third-order valence-corrected chi connectivity index (χ3v) is 6.72. The summed E-state index contributed by atoms with van der Waals surface area (Å²) in [5.74, 6) is -0.216. The number of ether oxygens (including phenoxy) is 1. The molecule has 1 unspecified atom stereocenters. The predicted octanol–water partition coefficient (Wildman–Crippen LogP) is 5.91. The van der Waals surface area contributed by atoms with Crippen molar-refractivity contribution in [2.75, 3.05) is 45.9 Å². The molecular weight excluding hydrogens is 411 g/mol. The minimum Gasteiger partial charge on any atom is -0.367 e. The minimum absolute atomic E-state index is 0.171. The van der Waals surface area contributed by atoms with Crippen molar-refractivity contribution in [3.63, 3.8) is 0 Å². The zero-order valence-electron chi connectivity index (χ0n) is 19.9. The van der Waals surface area contributed by atoms with Gasteiger partial charge in [0.25, 0.3) is 0 Å². The van der Waals surface area contributed by atoms with Gasteiger partial charge in [-0.1, -0.05) is 65.8 Å². The molecule has 0 spiro atoms. The van der Waals surface area contributed by atoms with E-state index in [0.717, 1.165) is 43.9 Å². The van der Waals surface area contributed by atoms with Gasteiger partial charge in [0, 0.05) is 32.7 Å². The van der Waals surface area contributed by atoms with Gasteiger partial charge in [-0.2, -0.15) is 0 Å². The van der Waals surface area contributed by atoms with Crippen LogP contribution in [0.15, 0.2) is 72.3 Å². The molecule has 2 aromatic carbocycles. The van der Waals surface area contributed by atoms with Gasteiger partial charge in [0.1, 0.15) is 11.9 Å². The Labute approximate surface area is 198 Å². The van der Waals surface area contributed by atoms with E-state index in [4.69, 9.17) is 4.74 Å². The zero-order chi connectivity index (χ0) is 22.9. The first-order chi connectivity index (χ1) is 16.2. The van der Waals surface area contributed by atoms with Crippen molar-refractivity contribution in [3.05, 3.63) is 94.8 Å². The third kappa shape index (κ3) is 7.36. The third-order valence-electron chi connectivity index (χ3n) is 6.72. The quantitative estimate of drug-likeness (QED) is 0.449. The zero-order valence-corrected chi connectivity index (χ0v) is 19.9. The molecule has 4 heteroatoms. The normalized spacial score (nSPS) is 18.3. The van der Waals surface area contributed by atoms with Crippen LogP contribution in [0, 0.1) is 12.7 Å². The number of piperazine rings is 1. The molecule has 2 aliphatic rings. The first-order valence-electron chi connectivity index (χ1n) is 12.4. The highest BCUT2D eigenvalue weighted by molar-refractivity contribution is 5.32. The Morgan fingerprint density at radius 1 is 0.848 bits per heavy atom. The van der Waals surface area contributed by atoms with Crippen molar-refractivity contribution < 1.29 is 9.13 Å². The highest BCUT2D eigenvalue weighted by Gasteiger charge is 2.19. The molecule has 2 aromatic rings. The molecule has 1 atom stereocenters.